The van der Waals surface area contributed by atoms with Crippen LogP contribution in [0.1, 0.15) is 5.69 Å². The van der Waals surface area contributed by atoms with Gasteiger partial charge in [-0.15, -0.1) is 34.4 Å². The van der Waals surface area contributed by atoms with E-state index in [1.807, 2.05) is 0 Å². The maximum Gasteiger partial charge on any atom is 0.316 e. The number of nitrogen functional groups attached to an aromatic ring is 1. The van der Waals surface area contributed by atoms with Crippen LogP contribution in [0.25, 0.3) is 10.1 Å². The Morgan fingerprint density at radius 3 is 2.90 bits per heavy atom. The van der Waals surface area contributed by atoms with E-state index in [4.69, 9.17) is 17.3 Å². The standard InChI is InChI=1S/C24H19ClFN5O6S4/c25-11-1-2-12-14(32)6-16(41-15(12)5-11)38-4-3-24(22(35)36)8-31-20(34)18(21(31)40-9-24)29-19(33)17(30-37-10-26)13-7-39-23(27)28-13/h1-7,18,21H,8-10H2,(H2,27,28)(H,29,33)(H,35,36)/t18?,21-,24?/m1/s1. The fraction of sp³-hybridized carbons (Fsp3) is 0.250. The molecule has 214 valence electrons. The number of amides is 2. The highest BCUT2D eigenvalue weighted by molar-refractivity contribution is 8.04. The first-order valence-electron chi connectivity index (χ1n) is 11.6. The Labute approximate surface area is 252 Å². The lowest BCUT2D eigenvalue weighted by Crippen LogP contribution is -2.73. The van der Waals surface area contributed by atoms with Crippen LogP contribution in [0, 0.1) is 5.41 Å². The molecule has 2 saturated heterocycles. The Balaban J connectivity index is 1.27. The van der Waals surface area contributed by atoms with E-state index in [0.29, 0.717) is 19.3 Å². The van der Waals surface area contributed by atoms with E-state index in [-0.39, 0.29) is 34.3 Å². The number of carboxylic acid groups (broad SMARTS) is 1. The number of oxime groups is 1. The number of carboxylic acids is 1. The lowest BCUT2D eigenvalue weighted by Gasteiger charge is -2.53. The zero-order chi connectivity index (χ0) is 29.3. The number of rotatable bonds is 9. The number of carbonyl (C=O) groups is 3. The highest BCUT2D eigenvalue weighted by Crippen LogP contribution is 2.43. The molecule has 5 rings (SSSR count). The molecular formula is C24H19ClFN5O6S4. The number of fused-ring (bicyclic) bond motifs is 2. The van der Waals surface area contributed by atoms with E-state index in [2.05, 4.69) is 20.3 Å². The summed E-state index contributed by atoms with van der Waals surface area (Å²) in [6.45, 7) is -1.39. The van der Waals surface area contributed by atoms with Crippen LogP contribution in [0.15, 0.2) is 55.3 Å². The average Bonchev–Trinajstić information content (AvgIpc) is 3.37. The molecule has 2 unspecified atom stereocenters. The maximum atomic E-state index is 13.0. The van der Waals surface area contributed by atoms with Crippen LogP contribution in [0.4, 0.5) is 9.52 Å². The monoisotopic (exact) mass is 655 g/mol. The number of halogens is 2. The van der Waals surface area contributed by atoms with Gasteiger partial charge in [-0.2, -0.15) is 0 Å². The van der Waals surface area contributed by atoms with E-state index in [1.54, 1.807) is 23.6 Å². The lowest BCUT2D eigenvalue weighted by atomic mass is 9.87. The van der Waals surface area contributed by atoms with Gasteiger partial charge in [-0.3, -0.25) is 19.2 Å². The Hall–Kier alpha value is -3.18. The molecule has 3 aromatic rings. The fourth-order valence-electron chi connectivity index (χ4n) is 4.19. The summed E-state index contributed by atoms with van der Waals surface area (Å²) < 4.78 is 13.9. The summed E-state index contributed by atoms with van der Waals surface area (Å²) in [7, 11) is 0. The van der Waals surface area contributed by atoms with Gasteiger partial charge >= 0.3 is 5.97 Å². The molecule has 0 saturated carbocycles. The van der Waals surface area contributed by atoms with Crippen LogP contribution in [-0.2, 0) is 19.2 Å². The zero-order valence-corrected chi connectivity index (χ0v) is 24.6. The third-order valence-corrected chi connectivity index (χ3v) is 10.7. The molecule has 1 aromatic carbocycles. The summed E-state index contributed by atoms with van der Waals surface area (Å²) in [5.41, 5.74) is 3.77. The number of hydrogen-bond acceptors (Lipinski definition) is 12. The summed E-state index contributed by atoms with van der Waals surface area (Å²) in [4.78, 5) is 60.4. The number of carbonyl (C=O) groups excluding carboxylic acids is 2. The molecule has 0 aliphatic carbocycles. The second kappa shape index (κ2) is 12.0. The molecular weight excluding hydrogens is 637 g/mol. The molecule has 2 fully saturated rings. The van der Waals surface area contributed by atoms with Crippen molar-refractivity contribution in [1.29, 1.82) is 0 Å². The highest BCUT2D eigenvalue weighted by Gasteiger charge is 2.57. The first-order valence-corrected chi connectivity index (χ1v) is 15.6. The van der Waals surface area contributed by atoms with Gasteiger partial charge in [0.1, 0.15) is 22.5 Å². The number of aromatic nitrogens is 1. The number of benzene rings is 1. The molecule has 0 radical (unpaired) electrons. The third-order valence-electron chi connectivity index (χ3n) is 6.24. The van der Waals surface area contributed by atoms with Crippen molar-refractivity contribution in [2.75, 3.05) is 24.9 Å². The molecule has 41 heavy (non-hydrogen) atoms. The van der Waals surface area contributed by atoms with Gasteiger partial charge in [0, 0.05) is 38.9 Å². The van der Waals surface area contributed by atoms with Gasteiger partial charge in [0.15, 0.2) is 16.3 Å². The fourth-order valence-corrected chi connectivity index (χ4v) is 8.60. The van der Waals surface area contributed by atoms with Crippen LogP contribution in [0.5, 0.6) is 0 Å². The number of alkyl halides is 1. The first kappa shape index (κ1) is 29.3. The Morgan fingerprint density at radius 1 is 1.39 bits per heavy atom. The van der Waals surface area contributed by atoms with Gasteiger partial charge in [0.2, 0.25) is 5.91 Å². The minimum Gasteiger partial charge on any atom is -0.481 e. The van der Waals surface area contributed by atoms with Crippen molar-refractivity contribution in [1.82, 2.24) is 15.2 Å². The number of nitrogens with two attached hydrogens (primary N) is 1. The average molecular weight is 656 g/mol. The quantitative estimate of drug-likeness (QED) is 0.135. The minimum absolute atomic E-state index is 0.0606. The molecule has 4 heterocycles. The predicted molar refractivity (Wildman–Crippen MR) is 158 cm³/mol. The van der Waals surface area contributed by atoms with E-state index in [0.717, 1.165) is 11.3 Å². The van der Waals surface area contributed by atoms with Crippen LogP contribution < -0.4 is 16.5 Å². The van der Waals surface area contributed by atoms with Gasteiger partial charge in [-0.05, 0) is 23.6 Å². The van der Waals surface area contributed by atoms with Crippen molar-refractivity contribution in [2.24, 2.45) is 10.6 Å². The highest BCUT2D eigenvalue weighted by atomic mass is 35.5. The molecule has 2 aliphatic heterocycles. The summed E-state index contributed by atoms with van der Waals surface area (Å²) in [5.74, 6) is -2.28. The maximum absolute atomic E-state index is 13.0. The molecule has 2 aliphatic rings. The zero-order valence-electron chi connectivity index (χ0n) is 20.6. The smallest absolute Gasteiger partial charge is 0.316 e. The predicted octanol–water partition coefficient (Wildman–Crippen LogP) is 3.38. The second-order valence-electron chi connectivity index (χ2n) is 8.82. The van der Waals surface area contributed by atoms with Crippen LogP contribution in [0.2, 0.25) is 5.02 Å². The van der Waals surface area contributed by atoms with Crippen molar-refractivity contribution in [3.05, 3.63) is 62.1 Å². The number of hydrogen-bond donors (Lipinski definition) is 3. The second-order valence-corrected chi connectivity index (χ2v) is 13.5. The molecule has 0 spiro atoms. The first-order chi connectivity index (χ1) is 19.6. The van der Waals surface area contributed by atoms with E-state index < -0.39 is 41.5 Å². The summed E-state index contributed by atoms with van der Waals surface area (Å²) in [6, 6.07) is 5.54. The van der Waals surface area contributed by atoms with Crippen molar-refractivity contribution in [3.8, 4) is 0 Å². The SMILES string of the molecule is Nc1nc(C(=NOCF)C(=O)NC2C(=O)N3CC(C=CSc4cc(=O)c5ccc(Cl)cc5s4)(C(=O)O)CS[C@H]23)cs1. The van der Waals surface area contributed by atoms with Crippen LogP contribution >= 0.6 is 57.8 Å². The van der Waals surface area contributed by atoms with Crippen LogP contribution in [-0.4, -0.2) is 69.1 Å². The van der Waals surface area contributed by atoms with Crippen LogP contribution in [0.3, 0.4) is 0 Å². The summed E-state index contributed by atoms with van der Waals surface area (Å²) in [6.07, 6.45) is 1.52. The summed E-state index contributed by atoms with van der Waals surface area (Å²) >= 11 is 10.9. The van der Waals surface area contributed by atoms with Crippen molar-refractivity contribution in [3.63, 3.8) is 0 Å². The van der Waals surface area contributed by atoms with Gasteiger partial charge in [0.05, 0.1) is 4.21 Å². The number of aliphatic carboxylic acids is 1. The van der Waals surface area contributed by atoms with E-state index >= 15 is 0 Å². The Bertz CT molecular complexity index is 1660. The molecule has 4 N–H and O–H groups in total. The number of thiazole rings is 1. The van der Waals surface area contributed by atoms with Crippen molar-refractivity contribution >= 4 is 96.5 Å². The van der Waals surface area contributed by atoms with Crippen molar-refractivity contribution in [2.45, 2.75) is 15.6 Å². The molecule has 17 heteroatoms. The molecule has 3 atom stereocenters. The largest absolute Gasteiger partial charge is 0.481 e. The number of nitrogens with one attached hydrogen (secondary N) is 1. The topological polar surface area (TPSA) is 164 Å². The lowest BCUT2D eigenvalue weighted by molar-refractivity contribution is -0.156. The Morgan fingerprint density at radius 2 is 2.20 bits per heavy atom. The van der Waals surface area contributed by atoms with E-state index in [9.17, 15) is 28.7 Å². The number of β-lactam (4-membered cyclic amide) rings is 1. The number of thioether (sulfide) groups is 2. The number of anilines is 1. The molecule has 2 amide bonds. The normalized spacial score (nSPS) is 22.4. The summed E-state index contributed by atoms with van der Waals surface area (Å²) in [5, 5.41) is 19.9. The van der Waals surface area contributed by atoms with Gasteiger partial charge in [-0.25, -0.2) is 9.37 Å². The Kier molecular flexibility index (Phi) is 8.56. The molecule has 0 bridgehead atoms. The van der Waals surface area contributed by atoms with Crippen molar-refractivity contribution < 1.29 is 28.7 Å². The number of nitrogens with zero attached hydrogens (tertiary/aromatic N) is 3. The molecule has 11 nitrogen and oxygen atoms in total. The molecule has 2 aromatic heterocycles. The van der Waals surface area contributed by atoms with Gasteiger partial charge in [0.25, 0.3) is 12.8 Å². The third kappa shape index (κ3) is 5.92. The van der Waals surface area contributed by atoms with E-state index in [1.165, 1.54) is 57.3 Å². The van der Waals surface area contributed by atoms with Gasteiger partial charge in [-0.1, -0.05) is 34.6 Å². The van der Waals surface area contributed by atoms with Gasteiger partial charge < -0.3 is 25.9 Å². The minimum atomic E-state index is -1.39.